The summed E-state index contributed by atoms with van der Waals surface area (Å²) >= 11 is 0. The molecule has 0 unspecified atom stereocenters. The minimum Gasteiger partial charge on any atom is -0.262 e. The molecule has 7 heteroatoms. The summed E-state index contributed by atoms with van der Waals surface area (Å²) in [6, 6.07) is 10.8. The third-order valence-electron chi connectivity index (χ3n) is 3.41. The zero-order valence-corrected chi connectivity index (χ0v) is 13.3. The average molecular weight is 320 g/mol. The van der Waals surface area contributed by atoms with E-state index in [-0.39, 0.29) is 16.3 Å². The third-order valence-corrected chi connectivity index (χ3v) is 5.18. The Bertz CT molecular complexity index is 814. The van der Waals surface area contributed by atoms with Gasteiger partial charge in [-0.05, 0) is 31.5 Å². The zero-order chi connectivity index (χ0) is 16.5. The summed E-state index contributed by atoms with van der Waals surface area (Å²) in [5, 5.41) is 11.2. The molecule has 0 spiro atoms. The van der Waals surface area contributed by atoms with Gasteiger partial charge < -0.3 is 0 Å². The van der Waals surface area contributed by atoms with Crippen LogP contribution in [0.3, 0.4) is 0 Å². The standard InChI is InChI=1S/C15H16N2O4S/c1-11-7-9-13(10-8-11)22(20,21)16(3)15-12(2)5-4-6-14(15)17(18)19/h4-10H,1-3H3. The second-order valence-corrected chi connectivity index (χ2v) is 6.95. The zero-order valence-electron chi connectivity index (χ0n) is 12.5. The van der Waals surface area contributed by atoms with Crippen LogP contribution < -0.4 is 4.31 Å². The lowest BCUT2D eigenvalue weighted by Crippen LogP contribution is -2.28. The Morgan fingerprint density at radius 2 is 1.64 bits per heavy atom. The fourth-order valence-electron chi connectivity index (χ4n) is 2.19. The predicted octanol–water partition coefficient (Wildman–Crippen LogP) is 3.04. The molecule has 0 aromatic heterocycles. The van der Waals surface area contributed by atoms with Gasteiger partial charge in [-0.3, -0.25) is 14.4 Å². The monoisotopic (exact) mass is 320 g/mol. The van der Waals surface area contributed by atoms with Gasteiger partial charge in [0.2, 0.25) is 0 Å². The Hall–Kier alpha value is -2.41. The van der Waals surface area contributed by atoms with E-state index in [0.29, 0.717) is 5.56 Å². The molecule has 2 aromatic rings. The topological polar surface area (TPSA) is 80.5 Å². The number of anilines is 1. The van der Waals surface area contributed by atoms with Gasteiger partial charge in [-0.1, -0.05) is 29.8 Å². The first kappa shape index (κ1) is 16.0. The molecule has 0 radical (unpaired) electrons. The van der Waals surface area contributed by atoms with Crippen molar-refractivity contribution in [3.8, 4) is 0 Å². The molecule has 0 fully saturated rings. The molecular weight excluding hydrogens is 304 g/mol. The third kappa shape index (κ3) is 2.80. The molecule has 0 N–H and O–H groups in total. The van der Waals surface area contributed by atoms with Crippen LogP contribution in [-0.4, -0.2) is 20.4 Å². The van der Waals surface area contributed by atoms with Gasteiger partial charge in [0.25, 0.3) is 15.7 Å². The number of nitro benzene ring substituents is 1. The first-order valence-electron chi connectivity index (χ1n) is 6.54. The van der Waals surface area contributed by atoms with Crippen molar-refractivity contribution < 1.29 is 13.3 Å². The van der Waals surface area contributed by atoms with Crippen LogP contribution in [0.1, 0.15) is 11.1 Å². The lowest BCUT2D eigenvalue weighted by Gasteiger charge is -2.21. The number of nitro groups is 1. The van der Waals surface area contributed by atoms with Gasteiger partial charge in [-0.15, -0.1) is 0 Å². The number of aryl methyl sites for hydroxylation is 2. The maximum atomic E-state index is 12.7. The quantitative estimate of drug-likeness (QED) is 0.640. The number of para-hydroxylation sites is 1. The summed E-state index contributed by atoms with van der Waals surface area (Å²) in [7, 11) is -2.53. The SMILES string of the molecule is Cc1ccc(S(=O)(=O)N(C)c2c(C)cccc2[N+](=O)[O-])cc1. The number of rotatable bonds is 4. The van der Waals surface area contributed by atoms with E-state index >= 15 is 0 Å². The molecule has 0 aliphatic rings. The predicted molar refractivity (Wildman–Crippen MR) is 84.6 cm³/mol. The summed E-state index contributed by atoms with van der Waals surface area (Å²) in [4.78, 5) is 10.7. The Labute approximate surface area is 129 Å². The summed E-state index contributed by atoms with van der Waals surface area (Å²) in [6.45, 7) is 3.50. The second kappa shape index (κ2) is 5.76. The number of nitrogens with zero attached hydrogens (tertiary/aromatic N) is 2. The Morgan fingerprint density at radius 3 is 2.18 bits per heavy atom. The highest BCUT2D eigenvalue weighted by atomic mass is 32.2. The molecule has 116 valence electrons. The maximum Gasteiger partial charge on any atom is 0.293 e. The van der Waals surface area contributed by atoms with Crippen LogP contribution in [0.25, 0.3) is 0 Å². The summed E-state index contributed by atoms with van der Waals surface area (Å²) < 4.78 is 26.3. The van der Waals surface area contributed by atoms with Crippen LogP contribution in [-0.2, 0) is 10.0 Å². The van der Waals surface area contributed by atoms with Crippen molar-refractivity contribution >= 4 is 21.4 Å². The van der Waals surface area contributed by atoms with Crippen LogP contribution in [0.15, 0.2) is 47.4 Å². The molecule has 6 nitrogen and oxygen atoms in total. The molecule has 0 heterocycles. The number of sulfonamides is 1. The van der Waals surface area contributed by atoms with E-state index in [9.17, 15) is 18.5 Å². The summed E-state index contributed by atoms with van der Waals surface area (Å²) in [5.41, 5.74) is 1.29. The smallest absolute Gasteiger partial charge is 0.262 e. The van der Waals surface area contributed by atoms with Crippen molar-refractivity contribution in [2.75, 3.05) is 11.4 Å². The minimum absolute atomic E-state index is 0.0769. The molecule has 0 aliphatic heterocycles. The van der Waals surface area contributed by atoms with Gasteiger partial charge >= 0.3 is 0 Å². The Balaban J connectivity index is 2.59. The van der Waals surface area contributed by atoms with Crippen molar-refractivity contribution in [2.24, 2.45) is 0 Å². The molecular formula is C15H16N2O4S. The van der Waals surface area contributed by atoms with E-state index in [0.717, 1.165) is 9.87 Å². The van der Waals surface area contributed by atoms with E-state index in [1.807, 2.05) is 6.92 Å². The molecule has 2 aromatic carbocycles. The Kier molecular flexibility index (Phi) is 4.18. The summed E-state index contributed by atoms with van der Waals surface area (Å²) in [6.07, 6.45) is 0. The van der Waals surface area contributed by atoms with Crippen molar-refractivity contribution in [3.63, 3.8) is 0 Å². The molecule has 0 saturated heterocycles. The number of hydrogen-bond donors (Lipinski definition) is 0. The van der Waals surface area contributed by atoms with Crippen LogP contribution in [0.5, 0.6) is 0 Å². The van der Waals surface area contributed by atoms with Gasteiger partial charge in [0, 0.05) is 13.1 Å². The highest BCUT2D eigenvalue weighted by Crippen LogP contribution is 2.34. The first-order valence-corrected chi connectivity index (χ1v) is 7.99. The molecule has 22 heavy (non-hydrogen) atoms. The van der Waals surface area contributed by atoms with Crippen LogP contribution >= 0.6 is 0 Å². The largest absolute Gasteiger partial charge is 0.293 e. The number of hydrogen-bond acceptors (Lipinski definition) is 4. The lowest BCUT2D eigenvalue weighted by molar-refractivity contribution is -0.384. The van der Waals surface area contributed by atoms with E-state index in [1.54, 1.807) is 25.1 Å². The van der Waals surface area contributed by atoms with Gasteiger partial charge in [0.1, 0.15) is 5.69 Å². The van der Waals surface area contributed by atoms with E-state index < -0.39 is 14.9 Å². The fraction of sp³-hybridized carbons (Fsp3) is 0.200. The molecule has 0 atom stereocenters. The van der Waals surface area contributed by atoms with Crippen LogP contribution in [0.2, 0.25) is 0 Å². The van der Waals surface area contributed by atoms with E-state index in [4.69, 9.17) is 0 Å². The summed E-state index contributed by atoms with van der Waals surface area (Å²) in [5.74, 6) is 0. The Morgan fingerprint density at radius 1 is 1.05 bits per heavy atom. The van der Waals surface area contributed by atoms with Crippen molar-refractivity contribution in [1.29, 1.82) is 0 Å². The first-order chi connectivity index (χ1) is 10.2. The highest BCUT2D eigenvalue weighted by Gasteiger charge is 2.28. The number of benzene rings is 2. The van der Waals surface area contributed by atoms with Gasteiger partial charge in [-0.25, -0.2) is 8.42 Å². The van der Waals surface area contributed by atoms with Crippen molar-refractivity contribution in [3.05, 3.63) is 63.7 Å². The highest BCUT2D eigenvalue weighted by molar-refractivity contribution is 7.92. The maximum absolute atomic E-state index is 12.7. The van der Waals surface area contributed by atoms with E-state index in [1.165, 1.54) is 31.3 Å². The molecule has 0 amide bonds. The molecule has 0 saturated carbocycles. The normalized spacial score (nSPS) is 11.2. The molecule has 0 aliphatic carbocycles. The van der Waals surface area contributed by atoms with Crippen molar-refractivity contribution in [1.82, 2.24) is 0 Å². The van der Waals surface area contributed by atoms with Crippen molar-refractivity contribution in [2.45, 2.75) is 18.7 Å². The van der Waals surface area contributed by atoms with E-state index in [2.05, 4.69) is 0 Å². The fourth-order valence-corrected chi connectivity index (χ4v) is 3.46. The molecule has 0 bridgehead atoms. The van der Waals surface area contributed by atoms with Crippen LogP contribution in [0, 0.1) is 24.0 Å². The molecule has 2 rings (SSSR count). The average Bonchev–Trinajstić information content (AvgIpc) is 2.46. The van der Waals surface area contributed by atoms with Crippen LogP contribution in [0.4, 0.5) is 11.4 Å². The second-order valence-electron chi connectivity index (χ2n) is 4.99. The lowest BCUT2D eigenvalue weighted by atomic mass is 10.2. The van der Waals surface area contributed by atoms with Gasteiger partial charge in [0.15, 0.2) is 0 Å². The van der Waals surface area contributed by atoms with Gasteiger partial charge in [-0.2, -0.15) is 0 Å². The van der Waals surface area contributed by atoms with Gasteiger partial charge in [0.05, 0.1) is 9.82 Å². The minimum atomic E-state index is -3.86.